The molecule has 1 nitrogen and oxygen atoms in total. The highest BCUT2D eigenvalue weighted by Gasteiger charge is 1.94. The molecule has 0 aliphatic heterocycles. The SMILES string of the molecule is C=CCCCCCOc1ccc(CC)cc1. The van der Waals surface area contributed by atoms with Crippen LogP contribution in [0, 0.1) is 0 Å². The van der Waals surface area contributed by atoms with Crippen molar-refractivity contribution >= 4 is 0 Å². The van der Waals surface area contributed by atoms with Gasteiger partial charge in [-0.2, -0.15) is 0 Å². The normalized spacial score (nSPS) is 10.1. The molecule has 0 aliphatic rings. The second kappa shape index (κ2) is 7.98. The zero-order chi connectivity index (χ0) is 11.6. The molecule has 0 aliphatic carbocycles. The first-order valence-electron chi connectivity index (χ1n) is 6.19. The van der Waals surface area contributed by atoms with Gasteiger partial charge in [-0.1, -0.05) is 25.1 Å². The minimum atomic E-state index is 0.822. The first-order chi connectivity index (χ1) is 7.86. The fourth-order valence-electron chi connectivity index (χ4n) is 1.58. The van der Waals surface area contributed by atoms with E-state index in [1.807, 2.05) is 6.08 Å². The number of hydrogen-bond acceptors (Lipinski definition) is 1. The van der Waals surface area contributed by atoms with E-state index in [1.54, 1.807) is 0 Å². The van der Waals surface area contributed by atoms with E-state index in [4.69, 9.17) is 4.74 Å². The van der Waals surface area contributed by atoms with Crippen LogP contribution in [0.4, 0.5) is 0 Å². The van der Waals surface area contributed by atoms with Crippen LogP contribution >= 0.6 is 0 Å². The van der Waals surface area contributed by atoms with Gasteiger partial charge in [-0.05, 0) is 49.8 Å². The standard InChI is InChI=1S/C15H22O/c1-3-5-6-7-8-13-16-15-11-9-14(4-2)10-12-15/h3,9-12H,1,4-8,13H2,2H3. The van der Waals surface area contributed by atoms with Gasteiger partial charge in [-0.25, -0.2) is 0 Å². The van der Waals surface area contributed by atoms with Crippen LogP contribution in [0.2, 0.25) is 0 Å². The number of benzene rings is 1. The summed E-state index contributed by atoms with van der Waals surface area (Å²) in [4.78, 5) is 0. The Bertz CT molecular complexity index is 287. The highest BCUT2D eigenvalue weighted by atomic mass is 16.5. The third-order valence-corrected chi connectivity index (χ3v) is 2.65. The van der Waals surface area contributed by atoms with E-state index in [0.29, 0.717) is 0 Å². The van der Waals surface area contributed by atoms with E-state index >= 15 is 0 Å². The summed E-state index contributed by atoms with van der Waals surface area (Å²) >= 11 is 0. The molecule has 0 fully saturated rings. The highest BCUT2D eigenvalue weighted by Crippen LogP contribution is 2.13. The zero-order valence-corrected chi connectivity index (χ0v) is 10.2. The lowest BCUT2D eigenvalue weighted by Gasteiger charge is -2.06. The molecule has 0 spiro atoms. The molecular formula is C15H22O. The molecule has 0 N–H and O–H groups in total. The predicted molar refractivity (Wildman–Crippen MR) is 70.0 cm³/mol. The Balaban J connectivity index is 2.14. The summed E-state index contributed by atoms with van der Waals surface area (Å²) in [6.07, 6.45) is 7.75. The monoisotopic (exact) mass is 218 g/mol. The van der Waals surface area contributed by atoms with Gasteiger partial charge >= 0.3 is 0 Å². The van der Waals surface area contributed by atoms with Crippen LogP contribution in [0.3, 0.4) is 0 Å². The summed E-state index contributed by atoms with van der Waals surface area (Å²) in [5, 5.41) is 0. The van der Waals surface area contributed by atoms with Gasteiger partial charge in [0.25, 0.3) is 0 Å². The Morgan fingerprint density at radius 3 is 2.50 bits per heavy atom. The lowest BCUT2D eigenvalue weighted by atomic mass is 10.2. The minimum absolute atomic E-state index is 0.822. The quantitative estimate of drug-likeness (QED) is 0.465. The molecule has 0 saturated carbocycles. The Labute approximate surface area is 99.1 Å². The molecule has 0 aromatic heterocycles. The summed E-state index contributed by atoms with van der Waals surface area (Å²) in [7, 11) is 0. The van der Waals surface area contributed by atoms with Crippen LogP contribution in [0.15, 0.2) is 36.9 Å². The fraction of sp³-hybridized carbons (Fsp3) is 0.467. The number of rotatable bonds is 8. The molecule has 0 heterocycles. The summed E-state index contributed by atoms with van der Waals surface area (Å²) in [6, 6.07) is 8.38. The van der Waals surface area contributed by atoms with E-state index < -0.39 is 0 Å². The molecule has 1 aromatic carbocycles. The topological polar surface area (TPSA) is 9.23 Å². The summed E-state index contributed by atoms with van der Waals surface area (Å²) < 4.78 is 5.66. The van der Waals surface area contributed by atoms with Gasteiger partial charge in [0.2, 0.25) is 0 Å². The van der Waals surface area contributed by atoms with E-state index in [0.717, 1.165) is 31.6 Å². The van der Waals surface area contributed by atoms with Crippen molar-refractivity contribution in [2.45, 2.75) is 39.0 Å². The Morgan fingerprint density at radius 1 is 1.12 bits per heavy atom. The van der Waals surface area contributed by atoms with Gasteiger partial charge in [-0.3, -0.25) is 0 Å². The smallest absolute Gasteiger partial charge is 0.119 e. The fourth-order valence-corrected chi connectivity index (χ4v) is 1.58. The molecule has 0 saturated heterocycles. The van der Waals surface area contributed by atoms with Crippen molar-refractivity contribution in [3.63, 3.8) is 0 Å². The molecule has 1 aromatic rings. The number of ether oxygens (including phenoxy) is 1. The Kier molecular flexibility index (Phi) is 6.39. The maximum absolute atomic E-state index is 5.66. The van der Waals surface area contributed by atoms with E-state index in [9.17, 15) is 0 Å². The van der Waals surface area contributed by atoms with Crippen LogP contribution < -0.4 is 4.74 Å². The number of hydrogen-bond donors (Lipinski definition) is 0. The minimum Gasteiger partial charge on any atom is -0.494 e. The summed E-state index contributed by atoms with van der Waals surface area (Å²) in [5.41, 5.74) is 1.36. The second-order valence-electron chi connectivity index (χ2n) is 3.98. The number of unbranched alkanes of at least 4 members (excludes halogenated alkanes) is 3. The van der Waals surface area contributed by atoms with Crippen molar-refractivity contribution in [3.8, 4) is 5.75 Å². The number of allylic oxidation sites excluding steroid dienone is 1. The maximum atomic E-state index is 5.66. The first-order valence-corrected chi connectivity index (χ1v) is 6.19. The van der Waals surface area contributed by atoms with Crippen LogP contribution in [-0.2, 0) is 6.42 Å². The van der Waals surface area contributed by atoms with Crippen LogP contribution in [0.25, 0.3) is 0 Å². The van der Waals surface area contributed by atoms with E-state index in [-0.39, 0.29) is 0 Å². The highest BCUT2D eigenvalue weighted by molar-refractivity contribution is 5.27. The van der Waals surface area contributed by atoms with E-state index in [2.05, 4.69) is 37.8 Å². The zero-order valence-electron chi connectivity index (χ0n) is 10.2. The van der Waals surface area contributed by atoms with Crippen LogP contribution in [0.1, 0.15) is 38.2 Å². The first kappa shape index (κ1) is 12.8. The largest absolute Gasteiger partial charge is 0.494 e. The lowest BCUT2D eigenvalue weighted by Crippen LogP contribution is -1.97. The van der Waals surface area contributed by atoms with Crippen LogP contribution in [-0.4, -0.2) is 6.61 Å². The van der Waals surface area contributed by atoms with Gasteiger partial charge < -0.3 is 4.74 Å². The van der Waals surface area contributed by atoms with Crippen molar-refractivity contribution in [1.29, 1.82) is 0 Å². The third-order valence-electron chi connectivity index (χ3n) is 2.65. The van der Waals surface area contributed by atoms with Gasteiger partial charge in [0, 0.05) is 0 Å². The molecule has 0 bridgehead atoms. The van der Waals surface area contributed by atoms with Crippen LogP contribution in [0.5, 0.6) is 5.75 Å². The molecule has 88 valence electrons. The summed E-state index contributed by atoms with van der Waals surface area (Å²) in [6.45, 7) is 6.70. The van der Waals surface area contributed by atoms with Crippen molar-refractivity contribution in [2.75, 3.05) is 6.61 Å². The van der Waals surface area contributed by atoms with Crippen molar-refractivity contribution < 1.29 is 4.74 Å². The van der Waals surface area contributed by atoms with Crippen molar-refractivity contribution in [1.82, 2.24) is 0 Å². The molecule has 16 heavy (non-hydrogen) atoms. The molecule has 0 atom stereocenters. The lowest BCUT2D eigenvalue weighted by molar-refractivity contribution is 0.305. The Morgan fingerprint density at radius 2 is 1.88 bits per heavy atom. The maximum Gasteiger partial charge on any atom is 0.119 e. The van der Waals surface area contributed by atoms with Crippen molar-refractivity contribution in [2.24, 2.45) is 0 Å². The van der Waals surface area contributed by atoms with Gasteiger partial charge in [-0.15, -0.1) is 6.58 Å². The Hall–Kier alpha value is -1.24. The van der Waals surface area contributed by atoms with E-state index in [1.165, 1.54) is 18.4 Å². The third kappa shape index (κ3) is 5.01. The molecule has 0 unspecified atom stereocenters. The van der Waals surface area contributed by atoms with Gasteiger partial charge in [0.1, 0.15) is 5.75 Å². The van der Waals surface area contributed by atoms with Gasteiger partial charge in [0.05, 0.1) is 6.61 Å². The molecule has 0 amide bonds. The number of aryl methyl sites for hydroxylation is 1. The molecule has 0 radical (unpaired) electrons. The molecule has 1 heteroatoms. The van der Waals surface area contributed by atoms with Crippen molar-refractivity contribution in [3.05, 3.63) is 42.5 Å². The molecule has 1 rings (SSSR count). The second-order valence-corrected chi connectivity index (χ2v) is 3.98. The van der Waals surface area contributed by atoms with Gasteiger partial charge in [0.15, 0.2) is 0 Å². The predicted octanol–water partition coefficient (Wildman–Crippen LogP) is 4.37. The average Bonchev–Trinajstić information content (AvgIpc) is 2.34. The average molecular weight is 218 g/mol. The molecular weight excluding hydrogens is 196 g/mol. The summed E-state index contributed by atoms with van der Waals surface area (Å²) in [5.74, 6) is 0.987.